The summed E-state index contributed by atoms with van der Waals surface area (Å²) in [5, 5.41) is 0.676. The van der Waals surface area contributed by atoms with E-state index in [0.717, 1.165) is 18.5 Å². The number of nitrogens with zero attached hydrogens (tertiary/aromatic N) is 1. The Morgan fingerprint density at radius 3 is 2.82 bits per heavy atom. The van der Waals surface area contributed by atoms with Gasteiger partial charge < -0.3 is 4.90 Å². The van der Waals surface area contributed by atoms with Crippen molar-refractivity contribution in [1.82, 2.24) is 0 Å². The molecule has 1 heterocycles. The van der Waals surface area contributed by atoms with Crippen molar-refractivity contribution in [1.29, 1.82) is 0 Å². The molecule has 0 saturated carbocycles. The van der Waals surface area contributed by atoms with E-state index in [2.05, 4.69) is 18.7 Å². The van der Waals surface area contributed by atoms with Crippen molar-refractivity contribution in [2.75, 3.05) is 11.4 Å². The van der Waals surface area contributed by atoms with Crippen LogP contribution in [0.25, 0.3) is 0 Å². The minimum absolute atomic E-state index is 0.503. The van der Waals surface area contributed by atoms with Gasteiger partial charge in [-0.1, -0.05) is 18.5 Å². The highest BCUT2D eigenvalue weighted by Gasteiger charge is 2.25. The number of halogens is 1. The fourth-order valence-corrected chi connectivity index (χ4v) is 2.80. The fraction of sp³-hybridized carbons (Fsp3) is 0.500. The number of benzene rings is 1. The van der Waals surface area contributed by atoms with Crippen LogP contribution in [0.4, 0.5) is 5.69 Å². The van der Waals surface area contributed by atoms with Gasteiger partial charge in [-0.25, -0.2) is 0 Å². The molecule has 2 unspecified atom stereocenters. The quantitative estimate of drug-likeness (QED) is 0.746. The van der Waals surface area contributed by atoms with Crippen LogP contribution in [0.3, 0.4) is 0 Å². The topological polar surface area (TPSA) is 20.3 Å². The van der Waals surface area contributed by atoms with Gasteiger partial charge in [0.05, 0.1) is 10.7 Å². The SMILES string of the molecule is CC1CCCN(c2ccc(C=O)cc2Cl)C1C. The normalized spacial score (nSPS) is 24.8. The van der Waals surface area contributed by atoms with E-state index in [1.54, 1.807) is 6.07 Å². The number of aldehydes is 1. The summed E-state index contributed by atoms with van der Waals surface area (Å²) in [6, 6.07) is 6.04. The predicted octanol–water partition coefficient (Wildman–Crippen LogP) is 3.78. The van der Waals surface area contributed by atoms with Crippen molar-refractivity contribution in [2.45, 2.75) is 32.7 Å². The lowest BCUT2D eigenvalue weighted by atomic mass is 9.91. The van der Waals surface area contributed by atoms with Crippen LogP contribution in [-0.4, -0.2) is 18.9 Å². The highest BCUT2D eigenvalue weighted by molar-refractivity contribution is 6.33. The standard InChI is InChI=1S/C14H18ClNO/c1-10-4-3-7-16(11(10)2)14-6-5-12(9-17)8-13(14)15/h5-6,8-11H,3-4,7H2,1-2H3. The Hall–Kier alpha value is -1.02. The zero-order valence-corrected chi connectivity index (χ0v) is 11.1. The zero-order valence-electron chi connectivity index (χ0n) is 10.3. The molecule has 2 nitrogen and oxygen atoms in total. The van der Waals surface area contributed by atoms with E-state index in [9.17, 15) is 4.79 Å². The van der Waals surface area contributed by atoms with Gasteiger partial charge >= 0.3 is 0 Å². The molecule has 1 aliphatic heterocycles. The first-order chi connectivity index (χ1) is 8.13. The van der Waals surface area contributed by atoms with Gasteiger partial charge in [-0.3, -0.25) is 4.79 Å². The minimum Gasteiger partial charge on any atom is -0.367 e. The maximum absolute atomic E-state index is 10.7. The maximum Gasteiger partial charge on any atom is 0.150 e. The van der Waals surface area contributed by atoms with Crippen molar-refractivity contribution in [3.63, 3.8) is 0 Å². The first-order valence-electron chi connectivity index (χ1n) is 6.15. The number of anilines is 1. The lowest BCUT2D eigenvalue weighted by Crippen LogP contribution is -2.42. The first-order valence-corrected chi connectivity index (χ1v) is 6.52. The summed E-state index contributed by atoms with van der Waals surface area (Å²) in [6.45, 7) is 5.57. The monoisotopic (exact) mass is 251 g/mol. The molecule has 0 bridgehead atoms. The Balaban J connectivity index is 2.29. The van der Waals surface area contributed by atoms with Gasteiger partial charge in [0.1, 0.15) is 6.29 Å². The van der Waals surface area contributed by atoms with Gasteiger partial charge in [-0.15, -0.1) is 0 Å². The highest BCUT2D eigenvalue weighted by Crippen LogP contribution is 2.33. The summed E-state index contributed by atoms with van der Waals surface area (Å²) in [6.07, 6.45) is 3.32. The van der Waals surface area contributed by atoms with Crippen molar-refractivity contribution >= 4 is 23.6 Å². The molecule has 2 rings (SSSR count). The number of hydrogen-bond donors (Lipinski definition) is 0. The molecule has 2 atom stereocenters. The van der Waals surface area contributed by atoms with Crippen molar-refractivity contribution in [3.8, 4) is 0 Å². The van der Waals surface area contributed by atoms with E-state index in [1.165, 1.54) is 12.8 Å². The van der Waals surface area contributed by atoms with Crippen LogP contribution in [0.15, 0.2) is 18.2 Å². The summed E-state index contributed by atoms with van der Waals surface area (Å²) < 4.78 is 0. The van der Waals surface area contributed by atoms with E-state index < -0.39 is 0 Å². The molecule has 0 spiro atoms. The number of hydrogen-bond acceptors (Lipinski definition) is 2. The van der Waals surface area contributed by atoms with Crippen LogP contribution >= 0.6 is 11.6 Å². The lowest BCUT2D eigenvalue weighted by Gasteiger charge is -2.40. The summed E-state index contributed by atoms with van der Waals surface area (Å²) in [4.78, 5) is 13.0. The second-order valence-corrected chi connectivity index (χ2v) is 5.29. The van der Waals surface area contributed by atoms with E-state index in [1.807, 2.05) is 12.1 Å². The minimum atomic E-state index is 0.503. The van der Waals surface area contributed by atoms with Gasteiger partial charge in [0.25, 0.3) is 0 Å². The van der Waals surface area contributed by atoms with Crippen molar-refractivity contribution < 1.29 is 4.79 Å². The van der Waals surface area contributed by atoms with Crippen molar-refractivity contribution in [3.05, 3.63) is 28.8 Å². The molecular formula is C14H18ClNO. The Bertz CT molecular complexity index is 419. The first kappa shape index (κ1) is 12.4. The second kappa shape index (κ2) is 5.09. The van der Waals surface area contributed by atoms with Gasteiger partial charge in [-0.2, -0.15) is 0 Å². The number of carbonyl (C=O) groups is 1. The van der Waals surface area contributed by atoms with Gasteiger partial charge in [0, 0.05) is 18.2 Å². The molecule has 1 aromatic carbocycles. The summed E-state index contributed by atoms with van der Waals surface area (Å²) in [5.41, 5.74) is 1.69. The average molecular weight is 252 g/mol. The highest BCUT2D eigenvalue weighted by atomic mass is 35.5. The predicted molar refractivity (Wildman–Crippen MR) is 72.0 cm³/mol. The summed E-state index contributed by atoms with van der Waals surface area (Å²) >= 11 is 6.25. The molecule has 1 aromatic rings. The molecule has 0 amide bonds. The third-order valence-corrected chi connectivity index (χ3v) is 4.09. The third kappa shape index (κ3) is 2.47. The molecule has 0 radical (unpaired) electrons. The van der Waals surface area contributed by atoms with Crippen LogP contribution in [0, 0.1) is 5.92 Å². The Morgan fingerprint density at radius 2 is 2.18 bits per heavy atom. The molecular weight excluding hydrogens is 234 g/mol. The van der Waals surface area contributed by atoms with E-state index >= 15 is 0 Å². The molecule has 17 heavy (non-hydrogen) atoms. The van der Waals surface area contributed by atoms with Gasteiger partial charge in [-0.05, 0) is 43.9 Å². The van der Waals surface area contributed by atoms with Crippen molar-refractivity contribution in [2.24, 2.45) is 5.92 Å². The fourth-order valence-electron chi connectivity index (χ4n) is 2.50. The molecule has 1 aliphatic rings. The molecule has 92 valence electrons. The summed E-state index contributed by atoms with van der Waals surface area (Å²) in [5.74, 6) is 0.686. The molecule has 0 N–H and O–H groups in total. The molecule has 1 fully saturated rings. The molecule has 0 aromatic heterocycles. The Labute approximate surface area is 108 Å². The lowest BCUT2D eigenvalue weighted by molar-refractivity contribution is 0.112. The smallest absolute Gasteiger partial charge is 0.150 e. The number of carbonyl (C=O) groups excluding carboxylic acids is 1. The number of piperidine rings is 1. The Kier molecular flexibility index (Phi) is 3.72. The third-order valence-electron chi connectivity index (χ3n) is 3.79. The van der Waals surface area contributed by atoms with Crippen LogP contribution in [0.1, 0.15) is 37.0 Å². The van der Waals surface area contributed by atoms with Gasteiger partial charge in [0.15, 0.2) is 0 Å². The zero-order chi connectivity index (χ0) is 12.4. The van der Waals surface area contributed by atoms with Crippen LogP contribution in [0.5, 0.6) is 0 Å². The number of rotatable bonds is 2. The van der Waals surface area contributed by atoms with Crippen LogP contribution in [-0.2, 0) is 0 Å². The largest absolute Gasteiger partial charge is 0.367 e. The van der Waals surface area contributed by atoms with E-state index in [0.29, 0.717) is 22.5 Å². The van der Waals surface area contributed by atoms with E-state index in [-0.39, 0.29) is 0 Å². The Morgan fingerprint density at radius 1 is 1.41 bits per heavy atom. The molecule has 1 saturated heterocycles. The van der Waals surface area contributed by atoms with Gasteiger partial charge in [0.2, 0.25) is 0 Å². The maximum atomic E-state index is 10.7. The summed E-state index contributed by atoms with van der Waals surface area (Å²) in [7, 11) is 0. The molecule has 0 aliphatic carbocycles. The second-order valence-electron chi connectivity index (χ2n) is 4.88. The van der Waals surface area contributed by atoms with E-state index in [4.69, 9.17) is 11.6 Å². The van der Waals surface area contributed by atoms with Crippen LogP contribution < -0.4 is 4.90 Å². The van der Waals surface area contributed by atoms with Crippen LogP contribution in [0.2, 0.25) is 5.02 Å². The average Bonchev–Trinajstić information content (AvgIpc) is 2.33. The molecule has 3 heteroatoms.